The Bertz CT molecular complexity index is 1000. The molecule has 0 spiro atoms. The van der Waals surface area contributed by atoms with Gasteiger partial charge in [-0.2, -0.15) is 5.26 Å². The largest absolute Gasteiger partial charge is 0.804 e. The fourth-order valence-electron chi connectivity index (χ4n) is 2.37. The van der Waals surface area contributed by atoms with Crippen molar-refractivity contribution < 1.29 is 9.16 Å². The van der Waals surface area contributed by atoms with Gasteiger partial charge in [0.15, 0.2) is 5.69 Å². The van der Waals surface area contributed by atoms with Gasteiger partial charge in [0.2, 0.25) is 0 Å². The zero-order chi connectivity index (χ0) is 16.6. The molecule has 0 N–H and O–H groups in total. The molecular formula is C16H10ClN3O3. The molecular weight excluding hydrogens is 318 g/mol. The molecule has 0 aliphatic rings. The molecule has 0 amide bonds. The highest BCUT2D eigenvalue weighted by atomic mass is 35.5. The van der Waals surface area contributed by atoms with Gasteiger partial charge in [-0.25, -0.2) is 0 Å². The predicted octanol–water partition coefficient (Wildman–Crippen LogP) is 3.10. The number of rotatable bonds is 2. The molecule has 1 aromatic heterocycles. The summed E-state index contributed by atoms with van der Waals surface area (Å²) in [6.07, 6.45) is 0. The van der Waals surface area contributed by atoms with Gasteiger partial charge in [-0.3, -0.25) is 0 Å². The molecule has 3 aromatic rings. The molecule has 0 aliphatic carbocycles. The van der Waals surface area contributed by atoms with Gasteiger partial charge in [0.25, 0.3) is 5.52 Å². The van der Waals surface area contributed by atoms with E-state index < -0.39 is 0 Å². The molecule has 0 bridgehead atoms. The summed E-state index contributed by atoms with van der Waals surface area (Å²) in [6.45, 7) is 0. The Labute approximate surface area is 135 Å². The molecule has 0 aliphatic heterocycles. The van der Waals surface area contributed by atoms with E-state index in [0.29, 0.717) is 25.5 Å². The van der Waals surface area contributed by atoms with Crippen LogP contribution in [-0.2, 0) is 0 Å². The molecule has 0 saturated heterocycles. The molecule has 0 fully saturated rings. The Morgan fingerprint density at radius 1 is 1.26 bits per heavy atom. The van der Waals surface area contributed by atoms with Gasteiger partial charge in [-0.15, -0.1) is 0 Å². The average molecular weight is 328 g/mol. The van der Waals surface area contributed by atoms with Gasteiger partial charge in [-0.05, 0) is 36.4 Å². The summed E-state index contributed by atoms with van der Waals surface area (Å²) in [5.41, 5.74) is 0.314. The molecule has 0 radical (unpaired) electrons. The van der Waals surface area contributed by atoms with Crippen LogP contribution in [0.3, 0.4) is 0 Å². The highest BCUT2D eigenvalue weighted by Crippen LogP contribution is 2.25. The van der Waals surface area contributed by atoms with Crippen molar-refractivity contribution >= 4 is 22.6 Å². The lowest BCUT2D eigenvalue weighted by atomic mass is 10.1. The van der Waals surface area contributed by atoms with E-state index in [1.165, 1.54) is 25.3 Å². The molecule has 6 nitrogen and oxygen atoms in total. The van der Waals surface area contributed by atoms with Crippen molar-refractivity contribution in [2.24, 2.45) is 0 Å². The van der Waals surface area contributed by atoms with E-state index in [1.807, 2.05) is 0 Å². The van der Waals surface area contributed by atoms with Gasteiger partial charge in [0, 0.05) is 16.0 Å². The number of halogens is 1. The third-order valence-electron chi connectivity index (χ3n) is 3.47. The molecule has 2 aromatic carbocycles. The van der Waals surface area contributed by atoms with Gasteiger partial charge >= 0.3 is 5.69 Å². The lowest BCUT2D eigenvalue weighted by Crippen LogP contribution is -2.24. The van der Waals surface area contributed by atoms with E-state index >= 15 is 0 Å². The number of nitriles is 1. The van der Waals surface area contributed by atoms with E-state index in [9.17, 15) is 15.4 Å². The monoisotopic (exact) mass is 327 g/mol. The molecule has 0 unspecified atom stereocenters. The van der Waals surface area contributed by atoms with Gasteiger partial charge in [-0.1, -0.05) is 11.6 Å². The molecule has 3 rings (SSSR count). The first-order valence-electron chi connectivity index (χ1n) is 6.59. The summed E-state index contributed by atoms with van der Waals surface area (Å²) < 4.78 is 6.06. The third-order valence-corrected chi connectivity index (χ3v) is 3.71. The zero-order valence-electron chi connectivity index (χ0n) is 12.0. The van der Waals surface area contributed by atoms with E-state index in [1.54, 1.807) is 30.3 Å². The fourth-order valence-corrected chi connectivity index (χ4v) is 2.53. The van der Waals surface area contributed by atoms with Crippen molar-refractivity contribution in [1.82, 2.24) is 4.73 Å². The molecule has 23 heavy (non-hydrogen) atoms. The van der Waals surface area contributed by atoms with E-state index in [0.717, 1.165) is 0 Å². The second-order valence-corrected chi connectivity index (χ2v) is 5.20. The standard InChI is InChI=1S/C16H10ClN3O3/c1-23-12-5-2-10(3-6-12)16-15(9-18)19(21)14-8-11(17)4-7-13(14)20(16)22/h2-8H,1H3. The van der Waals surface area contributed by atoms with Crippen LogP contribution in [0, 0.1) is 21.4 Å². The molecule has 7 heteroatoms. The van der Waals surface area contributed by atoms with Gasteiger partial charge < -0.3 is 14.7 Å². The molecule has 0 atom stereocenters. The minimum absolute atomic E-state index is 0.0139. The lowest BCUT2D eigenvalue weighted by molar-refractivity contribution is -0.452. The highest BCUT2D eigenvalue weighted by Gasteiger charge is 2.24. The minimum Gasteiger partial charge on any atom is -0.804 e. The smallest absolute Gasteiger partial charge is 0.304 e. The van der Waals surface area contributed by atoms with Crippen LogP contribution in [0.5, 0.6) is 5.75 Å². The summed E-state index contributed by atoms with van der Waals surface area (Å²) >= 11 is 5.87. The summed E-state index contributed by atoms with van der Waals surface area (Å²) in [5.74, 6) is 0.604. The maximum Gasteiger partial charge on any atom is 0.304 e. The Kier molecular flexibility index (Phi) is 3.64. The van der Waals surface area contributed by atoms with E-state index in [2.05, 4.69) is 0 Å². The first kappa shape index (κ1) is 14.9. The summed E-state index contributed by atoms with van der Waals surface area (Å²) in [4.78, 5) is 12.7. The van der Waals surface area contributed by atoms with Gasteiger partial charge in [0.05, 0.1) is 17.1 Å². The number of benzene rings is 2. The Morgan fingerprint density at radius 3 is 2.57 bits per heavy atom. The van der Waals surface area contributed by atoms with Crippen molar-refractivity contribution in [3.8, 4) is 23.1 Å². The second kappa shape index (κ2) is 5.63. The van der Waals surface area contributed by atoms with Crippen molar-refractivity contribution in [3.63, 3.8) is 0 Å². The first-order valence-corrected chi connectivity index (χ1v) is 6.97. The summed E-state index contributed by atoms with van der Waals surface area (Å²) in [7, 11) is 1.52. The first-order chi connectivity index (χ1) is 11.1. The number of fused-ring (bicyclic) bond motifs is 1. The Hall–Kier alpha value is -3.04. The molecule has 0 saturated carbocycles. The maximum absolute atomic E-state index is 12.7. The topological polar surface area (TPSA) is 84.0 Å². The average Bonchev–Trinajstić information content (AvgIpc) is 2.58. The van der Waals surface area contributed by atoms with Crippen LogP contribution in [0.15, 0.2) is 42.5 Å². The van der Waals surface area contributed by atoms with E-state index in [4.69, 9.17) is 16.3 Å². The minimum atomic E-state index is -0.292. The second-order valence-electron chi connectivity index (χ2n) is 4.76. The van der Waals surface area contributed by atoms with Crippen LogP contribution in [0.1, 0.15) is 5.69 Å². The van der Waals surface area contributed by atoms with Crippen molar-refractivity contribution in [1.29, 1.82) is 5.26 Å². The fraction of sp³-hybridized carbons (Fsp3) is 0.0625. The number of methoxy groups -OCH3 is 1. The third kappa shape index (κ3) is 2.37. The summed E-state index contributed by atoms with van der Waals surface area (Å²) in [6, 6.07) is 12.7. The lowest BCUT2D eigenvalue weighted by Gasteiger charge is -2.15. The summed E-state index contributed by atoms with van der Waals surface area (Å²) in [5, 5.41) is 22.1. The predicted molar refractivity (Wildman–Crippen MR) is 85.8 cm³/mol. The zero-order valence-corrected chi connectivity index (χ0v) is 12.7. The number of hydrogen-bond donors (Lipinski definition) is 0. The number of hydrogen-bond acceptors (Lipinski definition) is 4. The van der Waals surface area contributed by atoms with Crippen molar-refractivity contribution in [2.75, 3.05) is 7.11 Å². The van der Waals surface area contributed by atoms with Crippen LogP contribution < -0.4 is 9.16 Å². The van der Waals surface area contributed by atoms with Crippen molar-refractivity contribution in [3.05, 3.63) is 63.3 Å². The Morgan fingerprint density at radius 2 is 1.96 bits per heavy atom. The number of ether oxygens (including phenoxy) is 1. The number of nitrogens with zero attached hydrogens (tertiary/aromatic N) is 3. The van der Waals surface area contributed by atoms with Crippen LogP contribution >= 0.6 is 11.6 Å². The molecule has 1 heterocycles. The van der Waals surface area contributed by atoms with Crippen molar-refractivity contribution in [2.45, 2.75) is 0 Å². The maximum atomic E-state index is 12.7. The van der Waals surface area contributed by atoms with Crippen LogP contribution in [-0.4, -0.2) is 11.8 Å². The molecule has 114 valence electrons. The SMILES string of the molecule is COc1ccc(-c2c(C#N)n([O-])c3cc(Cl)ccc3[n+]2=O)cc1. The normalized spacial score (nSPS) is 10.5. The van der Waals surface area contributed by atoms with E-state index in [-0.39, 0.29) is 22.4 Å². The van der Waals surface area contributed by atoms with Crippen LogP contribution in [0.4, 0.5) is 0 Å². The quantitative estimate of drug-likeness (QED) is 0.677. The van der Waals surface area contributed by atoms with Crippen LogP contribution in [0.2, 0.25) is 5.02 Å². The van der Waals surface area contributed by atoms with Crippen LogP contribution in [0.25, 0.3) is 22.3 Å². The van der Waals surface area contributed by atoms with Gasteiger partial charge in [0.1, 0.15) is 17.3 Å². The highest BCUT2D eigenvalue weighted by molar-refractivity contribution is 6.31. The number of aromatic nitrogens is 2. The Balaban J connectivity index is 2.40.